The van der Waals surface area contributed by atoms with E-state index in [1.165, 1.54) is 25.7 Å². The smallest absolute Gasteiger partial charge is 0.255 e. The molecule has 1 aromatic rings. The molecule has 1 saturated heterocycles. The quantitative estimate of drug-likeness (QED) is 0.435. The van der Waals surface area contributed by atoms with Gasteiger partial charge in [-0.25, -0.2) is 0 Å². The van der Waals surface area contributed by atoms with Crippen molar-refractivity contribution in [1.82, 2.24) is 15.0 Å². The highest BCUT2D eigenvalue weighted by molar-refractivity contribution is 14.0. The Kier molecular flexibility index (Phi) is 5.10. The number of hydrogen-bond donors (Lipinski definition) is 1. The summed E-state index contributed by atoms with van der Waals surface area (Å²) in [7, 11) is 2.01. The summed E-state index contributed by atoms with van der Waals surface area (Å²) >= 11 is 0. The van der Waals surface area contributed by atoms with Crippen LogP contribution in [0.1, 0.15) is 62.3 Å². The number of halogens is 1. The molecule has 0 bridgehead atoms. The lowest BCUT2D eigenvalue weighted by Crippen LogP contribution is -2.36. The second-order valence-corrected chi connectivity index (χ2v) is 6.63. The third kappa shape index (κ3) is 3.96. The highest BCUT2D eigenvalue weighted by atomic mass is 127. The molecule has 23 heavy (non-hydrogen) atoms. The van der Waals surface area contributed by atoms with Crippen LogP contribution in [0.25, 0.3) is 0 Å². The number of guanidine groups is 1. The zero-order chi connectivity index (χ0) is 15.1. The molecular formula is C15H24IN5O2. The van der Waals surface area contributed by atoms with Crippen LogP contribution >= 0.6 is 24.0 Å². The van der Waals surface area contributed by atoms with Crippen molar-refractivity contribution in [1.29, 1.82) is 0 Å². The molecule has 2 heterocycles. The first kappa shape index (κ1) is 16.9. The monoisotopic (exact) mass is 433 g/mol. The molecule has 4 rings (SSSR count). The Labute approximate surface area is 153 Å². The van der Waals surface area contributed by atoms with E-state index in [1.807, 2.05) is 7.05 Å². The van der Waals surface area contributed by atoms with Gasteiger partial charge in [0.25, 0.3) is 5.89 Å². The van der Waals surface area contributed by atoms with E-state index in [2.05, 4.69) is 20.0 Å². The molecule has 3 aliphatic rings. The lowest BCUT2D eigenvalue weighted by molar-refractivity contribution is 0.0308. The minimum absolute atomic E-state index is 0. The van der Waals surface area contributed by atoms with Crippen molar-refractivity contribution in [2.24, 2.45) is 10.7 Å². The van der Waals surface area contributed by atoms with Crippen LogP contribution in [0.3, 0.4) is 0 Å². The van der Waals surface area contributed by atoms with Gasteiger partial charge >= 0.3 is 0 Å². The summed E-state index contributed by atoms with van der Waals surface area (Å²) in [6.45, 7) is 0.600. The highest BCUT2D eigenvalue weighted by Crippen LogP contribution is 2.39. The fourth-order valence-electron chi connectivity index (χ4n) is 2.86. The third-order valence-electron chi connectivity index (χ3n) is 4.70. The lowest BCUT2D eigenvalue weighted by Gasteiger charge is -2.17. The molecule has 8 heteroatoms. The number of ether oxygens (including phenoxy) is 1. The molecule has 2 saturated carbocycles. The normalized spacial score (nSPS) is 27.8. The van der Waals surface area contributed by atoms with Gasteiger partial charge in [0.1, 0.15) is 6.10 Å². The summed E-state index contributed by atoms with van der Waals surface area (Å²) in [4.78, 5) is 11.0. The predicted molar refractivity (Wildman–Crippen MR) is 95.8 cm³/mol. The fraction of sp³-hybridized carbons (Fsp3) is 0.800. The Bertz CT molecular complexity index is 570. The molecule has 3 fully saturated rings. The maximum Gasteiger partial charge on any atom is 0.255 e. The van der Waals surface area contributed by atoms with Crippen LogP contribution in [0.15, 0.2) is 9.52 Å². The van der Waals surface area contributed by atoms with Crippen LogP contribution in [0.5, 0.6) is 0 Å². The van der Waals surface area contributed by atoms with Crippen LogP contribution in [-0.4, -0.2) is 46.7 Å². The van der Waals surface area contributed by atoms with Crippen molar-refractivity contribution in [3.63, 3.8) is 0 Å². The minimum atomic E-state index is -0.0809. The van der Waals surface area contributed by atoms with Gasteiger partial charge in [0.05, 0.1) is 12.6 Å². The second-order valence-electron chi connectivity index (χ2n) is 6.63. The van der Waals surface area contributed by atoms with E-state index >= 15 is 0 Å². The molecule has 0 spiro atoms. The van der Waals surface area contributed by atoms with Crippen LogP contribution in [0, 0.1) is 0 Å². The van der Waals surface area contributed by atoms with E-state index < -0.39 is 0 Å². The van der Waals surface area contributed by atoms with Gasteiger partial charge in [-0.15, -0.1) is 24.0 Å². The summed E-state index contributed by atoms with van der Waals surface area (Å²) in [5, 5.41) is 4.05. The topological polar surface area (TPSA) is 89.8 Å². The molecule has 128 valence electrons. The molecule has 2 aliphatic carbocycles. The van der Waals surface area contributed by atoms with Crippen molar-refractivity contribution < 1.29 is 9.26 Å². The lowest BCUT2D eigenvalue weighted by atomic mass is 10.2. The number of nitrogens with two attached hydrogens (primary N) is 1. The number of aromatic nitrogens is 2. The predicted octanol–water partition coefficient (Wildman–Crippen LogP) is 2.19. The largest absolute Gasteiger partial charge is 0.370 e. The summed E-state index contributed by atoms with van der Waals surface area (Å²) in [6.07, 6.45) is 6.66. The molecule has 0 unspecified atom stereocenters. The third-order valence-corrected chi connectivity index (χ3v) is 4.70. The van der Waals surface area contributed by atoms with E-state index in [0.29, 0.717) is 30.4 Å². The van der Waals surface area contributed by atoms with E-state index in [0.717, 1.165) is 18.7 Å². The van der Waals surface area contributed by atoms with E-state index in [1.54, 1.807) is 0 Å². The molecule has 0 radical (unpaired) electrons. The Morgan fingerprint density at radius 1 is 1.26 bits per heavy atom. The van der Waals surface area contributed by atoms with E-state index in [4.69, 9.17) is 15.0 Å². The van der Waals surface area contributed by atoms with Crippen molar-refractivity contribution >= 4 is 29.9 Å². The van der Waals surface area contributed by atoms with Gasteiger partial charge in [-0.3, -0.25) is 4.99 Å². The molecule has 0 aromatic carbocycles. The van der Waals surface area contributed by atoms with Crippen molar-refractivity contribution in [3.05, 3.63) is 11.7 Å². The molecule has 0 amide bonds. The average molecular weight is 433 g/mol. The molecule has 7 nitrogen and oxygen atoms in total. The summed E-state index contributed by atoms with van der Waals surface area (Å²) < 4.78 is 11.3. The number of rotatable bonds is 5. The molecule has 2 N–H and O–H groups in total. The van der Waals surface area contributed by atoms with Crippen molar-refractivity contribution in [3.8, 4) is 0 Å². The van der Waals surface area contributed by atoms with Crippen LogP contribution < -0.4 is 5.73 Å². The van der Waals surface area contributed by atoms with E-state index in [9.17, 15) is 0 Å². The summed E-state index contributed by atoms with van der Waals surface area (Å²) in [6, 6.07) is 0.584. The first-order chi connectivity index (χ1) is 10.7. The van der Waals surface area contributed by atoms with E-state index in [-0.39, 0.29) is 36.2 Å². The van der Waals surface area contributed by atoms with Crippen molar-refractivity contribution in [2.45, 2.75) is 62.7 Å². The SMILES string of the molecule is CN(C(N)=NC[C@H]1CC[C@@H](c2nc(C3CC3)no2)O1)C1CC1.I. The van der Waals surface area contributed by atoms with Gasteiger partial charge in [-0.2, -0.15) is 4.98 Å². The zero-order valence-electron chi connectivity index (χ0n) is 13.4. The number of aliphatic imine (C=N–C) groups is 1. The Balaban J connectivity index is 0.00000156. The second kappa shape index (κ2) is 6.92. The fourth-order valence-corrected chi connectivity index (χ4v) is 2.86. The first-order valence-electron chi connectivity index (χ1n) is 8.22. The number of nitrogens with zero attached hydrogens (tertiary/aromatic N) is 4. The maximum absolute atomic E-state index is 6.01. The van der Waals surface area contributed by atoms with Gasteiger partial charge in [-0.1, -0.05) is 5.16 Å². The standard InChI is InChI=1S/C15H23N5O2.HI/c1-20(10-4-5-10)15(16)17-8-11-6-7-12(21-11)14-18-13(19-22-14)9-2-3-9;/h9-12H,2-8H2,1H3,(H2,16,17);1H/t11-,12+;/m1./s1. The Morgan fingerprint density at radius 2 is 2.04 bits per heavy atom. The molecule has 2 atom stereocenters. The first-order valence-corrected chi connectivity index (χ1v) is 8.22. The Morgan fingerprint density at radius 3 is 2.74 bits per heavy atom. The molecule has 1 aliphatic heterocycles. The average Bonchev–Trinajstić information content (AvgIpc) is 3.45. The Hall–Kier alpha value is -0.900. The van der Waals surface area contributed by atoms with Gasteiger partial charge in [0, 0.05) is 19.0 Å². The highest BCUT2D eigenvalue weighted by Gasteiger charge is 2.34. The van der Waals surface area contributed by atoms with Crippen LogP contribution in [0.4, 0.5) is 0 Å². The minimum Gasteiger partial charge on any atom is -0.370 e. The van der Waals surface area contributed by atoms with Gasteiger partial charge in [0.15, 0.2) is 11.8 Å². The van der Waals surface area contributed by atoms with Gasteiger partial charge in [-0.05, 0) is 38.5 Å². The summed E-state index contributed by atoms with van der Waals surface area (Å²) in [5.74, 6) is 2.59. The molecule has 1 aromatic heterocycles. The van der Waals surface area contributed by atoms with Gasteiger partial charge in [0.2, 0.25) is 0 Å². The van der Waals surface area contributed by atoms with Crippen molar-refractivity contribution in [2.75, 3.05) is 13.6 Å². The van der Waals surface area contributed by atoms with Crippen LogP contribution in [-0.2, 0) is 4.74 Å². The zero-order valence-corrected chi connectivity index (χ0v) is 15.7. The molecular weight excluding hydrogens is 409 g/mol. The number of hydrogen-bond acceptors (Lipinski definition) is 5. The summed E-state index contributed by atoms with van der Waals surface area (Å²) in [5.41, 5.74) is 6.01. The maximum atomic E-state index is 6.01. The van der Waals surface area contributed by atoms with Crippen LogP contribution in [0.2, 0.25) is 0 Å². The van der Waals surface area contributed by atoms with Gasteiger partial charge < -0.3 is 19.9 Å².